The Morgan fingerprint density at radius 1 is 1.41 bits per heavy atom. The zero-order valence-corrected chi connectivity index (χ0v) is 13.5. The molecule has 1 saturated heterocycles. The minimum Gasteiger partial charge on any atom is -0.459 e. The number of halogens is 1. The Morgan fingerprint density at radius 2 is 2.14 bits per heavy atom. The maximum absolute atomic E-state index is 13.4. The molecule has 0 bridgehead atoms. The van der Waals surface area contributed by atoms with Gasteiger partial charge in [-0.15, -0.1) is 0 Å². The quantitative estimate of drug-likeness (QED) is 0.871. The molecular formula is C17H25FN2O2. The van der Waals surface area contributed by atoms with Crippen LogP contribution in [0.4, 0.5) is 4.39 Å². The predicted octanol–water partition coefficient (Wildman–Crippen LogP) is 2.28. The van der Waals surface area contributed by atoms with Gasteiger partial charge in [0.1, 0.15) is 11.4 Å². The number of ether oxygens (including phenoxy) is 1. The minimum absolute atomic E-state index is 0.0237. The molecule has 2 rings (SSSR count). The highest BCUT2D eigenvalue weighted by molar-refractivity contribution is 5.72. The van der Waals surface area contributed by atoms with Gasteiger partial charge >= 0.3 is 5.97 Å². The van der Waals surface area contributed by atoms with Crippen molar-refractivity contribution < 1.29 is 13.9 Å². The molecule has 2 unspecified atom stereocenters. The van der Waals surface area contributed by atoms with Gasteiger partial charge in [-0.05, 0) is 50.8 Å². The van der Waals surface area contributed by atoms with Crippen LogP contribution in [-0.4, -0.2) is 42.1 Å². The van der Waals surface area contributed by atoms with Crippen LogP contribution in [0.5, 0.6) is 0 Å². The summed E-state index contributed by atoms with van der Waals surface area (Å²) in [6, 6.07) is 6.59. The normalized spacial score (nSPS) is 23.3. The van der Waals surface area contributed by atoms with E-state index < -0.39 is 5.60 Å². The van der Waals surface area contributed by atoms with E-state index in [-0.39, 0.29) is 30.3 Å². The summed E-state index contributed by atoms with van der Waals surface area (Å²) in [5.41, 5.74) is 6.55. The van der Waals surface area contributed by atoms with Crippen molar-refractivity contribution in [3.05, 3.63) is 35.6 Å². The standard InChI is InChI=1S/C17H25FN2O2/c1-17(2,3)22-16(21)11-20-9-13(8-15(19)10-20)12-5-4-6-14(18)7-12/h4-7,13,15H,8-11,19H2,1-3H3. The molecule has 0 amide bonds. The molecule has 4 nitrogen and oxygen atoms in total. The van der Waals surface area contributed by atoms with Gasteiger partial charge in [-0.25, -0.2) is 4.39 Å². The van der Waals surface area contributed by atoms with Crippen molar-refractivity contribution in [2.75, 3.05) is 19.6 Å². The van der Waals surface area contributed by atoms with Crippen LogP contribution >= 0.6 is 0 Å². The summed E-state index contributed by atoms with van der Waals surface area (Å²) in [6.45, 7) is 7.12. The van der Waals surface area contributed by atoms with Crippen LogP contribution in [0.1, 0.15) is 38.7 Å². The lowest BCUT2D eigenvalue weighted by Crippen LogP contribution is -2.48. The molecule has 2 atom stereocenters. The zero-order chi connectivity index (χ0) is 16.3. The van der Waals surface area contributed by atoms with E-state index in [1.807, 2.05) is 31.7 Å². The van der Waals surface area contributed by atoms with Crippen molar-refractivity contribution in [2.24, 2.45) is 5.73 Å². The maximum Gasteiger partial charge on any atom is 0.320 e. The second-order valence-electron chi connectivity index (χ2n) is 7.03. The van der Waals surface area contributed by atoms with E-state index in [2.05, 4.69) is 0 Å². The Hall–Kier alpha value is -1.46. The Kier molecular flexibility index (Phi) is 5.19. The van der Waals surface area contributed by atoms with Crippen molar-refractivity contribution in [3.63, 3.8) is 0 Å². The molecule has 1 heterocycles. The van der Waals surface area contributed by atoms with E-state index in [1.54, 1.807) is 12.1 Å². The highest BCUT2D eigenvalue weighted by atomic mass is 19.1. The summed E-state index contributed by atoms with van der Waals surface area (Å²) in [5.74, 6) is -0.350. The van der Waals surface area contributed by atoms with Gasteiger partial charge in [0.25, 0.3) is 0 Å². The molecule has 1 aliphatic rings. The van der Waals surface area contributed by atoms with E-state index in [0.29, 0.717) is 13.1 Å². The van der Waals surface area contributed by atoms with Crippen molar-refractivity contribution in [1.82, 2.24) is 4.90 Å². The van der Waals surface area contributed by atoms with E-state index in [0.717, 1.165) is 12.0 Å². The van der Waals surface area contributed by atoms with Gasteiger partial charge in [0.15, 0.2) is 0 Å². The third-order valence-electron chi connectivity index (χ3n) is 3.65. The van der Waals surface area contributed by atoms with Crippen molar-refractivity contribution >= 4 is 5.97 Å². The maximum atomic E-state index is 13.4. The topological polar surface area (TPSA) is 55.6 Å². The third kappa shape index (κ3) is 5.07. The number of nitrogens with zero attached hydrogens (tertiary/aromatic N) is 1. The number of benzene rings is 1. The number of hydrogen-bond acceptors (Lipinski definition) is 4. The van der Waals surface area contributed by atoms with Gasteiger partial charge < -0.3 is 10.5 Å². The summed E-state index contributed by atoms with van der Waals surface area (Å²) >= 11 is 0. The molecule has 1 aromatic carbocycles. The lowest BCUT2D eigenvalue weighted by molar-refractivity contribution is -0.156. The largest absolute Gasteiger partial charge is 0.459 e. The summed E-state index contributed by atoms with van der Waals surface area (Å²) in [5, 5.41) is 0. The monoisotopic (exact) mass is 308 g/mol. The van der Waals surface area contributed by atoms with E-state index in [1.165, 1.54) is 6.07 Å². The number of rotatable bonds is 3. The van der Waals surface area contributed by atoms with Crippen LogP contribution in [0.15, 0.2) is 24.3 Å². The highest BCUT2D eigenvalue weighted by Crippen LogP contribution is 2.27. The molecule has 1 fully saturated rings. The van der Waals surface area contributed by atoms with E-state index in [9.17, 15) is 9.18 Å². The molecule has 0 radical (unpaired) electrons. The summed E-state index contributed by atoms with van der Waals surface area (Å²) in [6.07, 6.45) is 0.800. The van der Waals surface area contributed by atoms with Crippen LogP contribution in [0.3, 0.4) is 0 Å². The fraction of sp³-hybridized carbons (Fsp3) is 0.588. The SMILES string of the molecule is CC(C)(C)OC(=O)CN1CC(N)CC(c2cccc(F)c2)C1. The molecular weight excluding hydrogens is 283 g/mol. The first-order valence-corrected chi connectivity index (χ1v) is 7.68. The molecule has 1 aromatic rings. The minimum atomic E-state index is -0.489. The van der Waals surface area contributed by atoms with Crippen molar-refractivity contribution in [2.45, 2.75) is 44.8 Å². The van der Waals surface area contributed by atoms with Gasteiger partial charge in [0.05, 0.1) is 6.54 Å². The third-order valence-corrected chi connectivity index (χ3v) is 3.65. The molecule has 122 valence electrons. The fourth-order valence-electron chi connectivity index (χ4n) is 2.92. The van der Waals surface area contributed by atoms with Crippen LogP contribution in [-0.2, 0) is 9.53 Å². The molecule has 1 aliphatic heterocycles. The first-order valence-electron chi connectivity index (χ1n) is 7.68. The van der Waals surface area contributed by atoms with Gasteiger partial charge in [-0.3, -0.25) is 9.69 Å². The van der Waals surface area contributed by atoms with Gasteiger partial charge in [0.2, 0.25) is 0 Å². The van der Waals surface area contributed by atoms with Crippen LogP contribution in [0.2, 0.25) is 0 Å². The van der Waals surface area contributed by atoms with Gasteiger partial charge in [0, 0.05) is 19.1 Å². The van der Waals surface area contributed by atoms with Crippen molar-refractivity contribution in [1.29, 1.82) is 0 Å². The lowest BCUT2D eigenvalue weighted by atomic mass is 9.88. The zero-order valence-electron chi connectivity index (χ0n) is 13.5. The van der Waals surface area contributed by atoms with Crippen LogP contribution in [0, 0.1) is 5.82 Å². The molecule has 2 N–H and O–H groups in total. The number of nitrogens with two attached hydrogens (primary N) is 1. The Labute approximate surface area is 131 Å². The lowest BCUT2D eigenvalue weighted by Gasteiger charge is -2.36. The Morgan fingerprint density at radius 3 is 2.77 bits per heavy atom. The molecule has 0 aromatic heterocycles. The summed E-state index contributed by atoms with van der Waals surface area (Å²) in [4.78, 5) is 14.0. The Bertz CT molecular complexity index is 528. The first kappa shape index (κ1) is 16.9. The fourth-order valence-corrected chi connectivity index (χ4v) is 2.92. The average Bonchev–Trinajstić information content (AvgIpc) is 2.35. The second kappa shape index (κ2) is 6.75. The van der Waals surface area contributed by atoms with Crippen molar-refractivity contribution in [3.8, 4) is 0 Å². The average molecular weight is 308 g/mol. The number of carbonyl (C=O) groups is 1. The second-order valence-corrected chi connectivity index (χ2v) is 7.03. The van der Waals surface area contributed by atoms with Gasteiger partial charge in [-0.2, -0.15) is 0 Å². The number of piperidine rings is 1. The molecule has 5 heteroatoms. The number of likely N-dealkylation sites (tertiary alicyclic amines) is 1. The Balaban J connectivity index is 2.00. The predicted molar refractivity (Wildman–Crippen MR) is 84.0 cm³/mol. The molecule has 0 spiro atoms. The molecule has 22 heavy (non-hydrogen) atoms. The highest BCUT2D eigenvalue weighted by Gasteiger charge is 2.28. The molecule has 0 saturated carbocycles. The van der Waals surface area contributed by atoms with E-state index in [4.69, 9.17) is 10.5 Å². The molecule has 0 aliphatic carbocycles. The number of hydrogen-bond donors (Lipinski definition) is 1. The summed E-state index contributed by atoms with van der Waals surface area (Å²) < 4.78 is 18.7. The first-order chi connectivity index (χ1) is 10.2. The smallest absolute Gasteiger partial charge is 0.320 e. The van der Waals surface area contributed by atoms with E-state index >= 15 is 0 Å². The number of carbonyl (C=O) groups excluding carboxylic acids is 1. The van der Waals surface area contributed by atoms with Crippen LogP contribution in [0.25, 0.3) is 0 Å². The summed E-state index contributed by atoms with van der Waals surface area (Å²) in [7, 11) is 0. The van der Waals surface area contributed by atoms with Crippen LogP contribution < -0.4 is 5.73 Å². The van der Waals surface area contributed by atoms with Gasteiger partial charge in [-0.1, -0.05) is 12.1 Å². The number of esters is 1.